The summed E-state index contributed by atoms with van der Waals surface area (Å²) in [5, 5.41) is 3.62. The van der Waals surface area contributed by atoms with Crippen molar-refractivity contribution in [1.82, 2.24) is 20.0 Å². The van der Waals surface area contributed by atoms with Gasteiger partial charge in [-0.15, -0.1) is 0 Å². The number of carbonyl (C=O) groups excluding carboxylic acids is 1. The largest absolute Gasteiger partial charge is 0.381 e. The molecule has 3 aliphatic heterocycles. The summed E-state index contributed by atoms with van der Waals surface area (Å²) in [4.78, 5) is 24.1. The number of ether oxygens (including phenoxy) is 1. The van der Waals surface area contributed by atoms with E-state index in [2.05, 4.69) is 45.1 Å². The van der Waals surface area contributed by atoms with Gasteiger partial charge in [-0.25, -0.2) is 0 Å². The molecule has 3 aliphatic rings. The summed E-state index contributed by atoms with van der Waals surface area (Å²) in [7, 11) is 1.87. The topological polar surface area (TPSA) is 60.4 Å². The van der Waals surface area contributed by atoms with Crippen LogP contribution in [0.25, 0.3) is 0 Å². The number of guanidine groups is 1. The molecule has 0 bridgehead atoms. The minimum Gasteiger partial charge on any atom is -0.381 e. The number of thioether (sulfide) groups is 1. The summed E-state index contributed by atoms with van der Waals surface area (Å²) < 4.78 is 5.80. The van der Waals surface area contributed by atoms with Crippen molar-refractivity contribution in [2.24, 2.45) is 16.8 Å². The molecule has 2 unspecified atom stereocenters. The third-order valence-corrected chi connectivity index (χ3v) is 8.29. The lowest BCUT2D eigenvalue weighted by Crippen LogP contribution is -2.56. The van der Waals surface area contributed by atoms with E-state index in [9.17, 15) is 4.79 Å². The Balaban J connectivity index is 1.44. The molecule has 3 saturated heterocycles. The Morgan fingerprint density at radius 3 is 2.30 bits per heavy atom. The Hall–Kier alpha value is -0.990. The van der Waals surface area contributed by atoms with Crippen LogP contribution in [0.1, 0.15) is 33.1 Å². The van der Waals surface area contributed by atoms with Gasteiger partial charge in [0.05, 0.1) is 6.54 Å². The van der Waals surface area contributed by atoms with Crippen molar-refractivity contribution in [3.8, 4) is 0 Å². The van der Waals surface area contributed by atoms with Gasteiger partial charge in [-0.05, 0) is 37.4 Å². The first kappa shape index (κ1) is 23.7. The smallest absolute Gasteiger partial charge is 0.236 e. The minimum absolute atomic E-state index is 0.241. The normalized spacial score (nSPS) is 28.5. The fraction of sp³-hybridized carbons (Fsp3) is 0.909. The van der Waals surface area contributed by atoms with Gasteiger partial charge in [-0.2, -0.15) is 11.8 Å². The number of rotatable bonds is 5. The van der Waals surface area contributed by atoms with Crippen LogP contribution >= 0.6 is 11.8 Å². The first-order chi connectivity index (χ1) is 14.4. The molecule has 0 aromatic rings. The lowest BCUT2D eigenvalue weighted by molar-refractivity contribution is -0.135. The number of hydrogen-bond acceptors (Lipinski definition) is 5. The molecule has 0 radical (unpaired) electrons. The number of piperidine rings is 1. The van der Waals surface area contributed by atoms with Crippen LogP contribution in [0.3, 0.4) is 0 Å². The molecule has 3 fully saturated rings. The quantitative estimate of drug-likeness (QED) is 0.519. The van der Waals surface area contributed by atoms with Crippen LogP contribution in [-0.2, 0) is 9.53 Å². The molecule has 2 atom stereocenters. The van der Waals surface area contributed by atoms with Crippen LogP contribution in [0.5, 0.6) is 0 Å². The van der Waals surface area contributed by atoms with E-state index in [0.29, 0.717) is 24.3 Å². The number of carbonyl (C=O) groups is 1. The molecular weight excluding hydrogens is 398 g/mol. The van der Waals surface area contributed by atoms with Crippen LogP contribution in [0, 0.1) is 11.8 Å². The third-order valence-electron chi connectivity index (χ3n) is 6.87. The fourth-order valence-electron chi connectivity index (χ4n) is 5.04. The van der Waals surface area contributed by atoms with E-state index >= 15 is 0 Å². The van der Waals surface area contributed by atoms with Gasteiger partial charge < -0.3 is 19.9 Å². The first-order valence-corrected chi connectivity index (χ1v) is 12.8. The molecule has 3 heterocycles. The minimum atomic E-state index is 0.241. The van der Waals surface area contributed by atoms with Crippen LogP contribution in [0.15, 0.2) is 4.99 Å². The van der Waals surface area contributed by atoms with Gasteiger partial charge in [-0.1, -0.05) is 13.8 Å². The van der Waals surface area contributed by atoms with Crippen molar-refractivity contribution in [2.45, 2.75) is 37.9 Å². The summed E-state index contributed by atoms with van der Waals surface area (Å²) >= 11 is 1.95. The first-order valence-electron chi connectivity index (χ1n) is 11.5. The van der Waals surface area contributed by atoms with E-state index in [-0.39, 0.29) is 4.75 Å². The van der Waals surface area contributed by atoms with Gasteiger partial charge in [-0.3, -0.25) is 14.7 Å². The van der Waals surface area contributed by atoms with Crippen LogP contribution in [-0.4, -0.2) is 110 Å². The van der Waals surface area contributed by atoms with E-state index in [0.717, 1.165) is 77.8 Å². The standard InChI is InChI=1S/C22H41N5O2S/c1-18-13-19(2)15-27(14-18)20(28)16-25-7-9-26(10-8-25)21(23-3)24-17-22(30-4)5-11-29-12-6-22/h18-19H,5-17H2,1-4H3,(H,23,24). The maximum Gasteiger partial charge on any atom is 0.236 e. The zero-order valence-corrected chi connectivity index (χ0v) is 20.2. The second kappa shape index (κ2) is 11.0. The lowest BCUT2D eigenvalue weighted by Gasteiger charge is -2.40. The molecule has 8 heteroatoms. The van der Waals surface area contributed by atoms with Crippen LogP contribution < -0.4 is 5.32 Å². The van der Waals surface area contributed by atoms with Gasteiger partial charge in [0, 0.05) is 70.8 Å². The second-order valence-corrected chi connectivity index (χ2v) is 10.7. The Morgan fingerprint density at radius 2 is 1.73 bits per heavy atom. The van der Waals surface area contributed by atoms with E-state index in [4.69, 9.17) is 4.74 Å². The van der Waals surface area contributed by atoms with E-state index < -0.39 is 0 Å². The number of nitrogens with one attached hydrogen (secondary N) is 1. The number of hydrogen-bond donors (Lipinski definition) is 1. The molecule has 0 saturated carbocycles. The third kappa shape index (κ3) is 6.26. The lowest BCUT2D eigenvalue weighted by atomic mass is 9.92. The molecule has 0 aliphatic carbocycles. The summed E-state index contributed by atoms with van der Waals surface area (Å²) in [6, 6.07) is 0. The highest BCUT2D eigenvalue weighted by Crippen LogP contribution is 2.33. The molecule has 1 N–H and O–H groups in total. The molecule has 3 rings (SSSR count). The van der Waals surface area contributed by atoms with Crippen molar-refractivity contribution >= 4 is 23.6 Å². The number of amides is 1. The van der Waals surface area contributed by atoms with E-state index in [1.165, 1.54) is 6.42 Å². The Labute approximate surface area is 187 Å². The van der Waals surface area contributed by atoms with Crippen molar-refractivity contribution in [3.05, 3.63) is 0 Å². The predicted octanol–water partition coefficient (Wildman–Crippen LogP) is 1.60. The molecular formula is C22H41N5O2S. The van der Waals surface area contributed by atoms with Gasteiger partial charge >= 0.3 is 0 Å². The van der Waals surface area contributed by atoms with Gasteiger partial charge in [0.15, 0.2) is 5.96 Å². The fourth-order valence-corrected chi connectivity index (χ4v) is 5.84. The molecule has 0 spiro atoms. The van der Waals surface area contributed by atoms with Crippen LogP contribution in [0.2, 0.25) is 0 Å². The van der Waals surface area contributed by atoms with Crippen LogP contribution in [0.4, 0.5) is 0 Å². The maximum atomic E-state index is 12.8. The number of likely N-dealkylation sites (tertiary alicyclic amines) is 1. The second-order valence-electron chi connectivity index (χ2n) is 9.41. The summed E-state index contributed by atoms with van der Waals surface area (Å²) in [5.41, 5.74) is 0. The molecule has 0 aromatic heterocycles. The molecule has 30 heavy (non-hydrogen) atoms. The van der Waals surface area contributed by atoms with Crippen molar-refractivity contribution in [3.63, 3.8) is 0 Å². The maximum absolute atomic E-state index is 12.8. The van der Waals surface area contributed by atoms with Crippen molar-refractivity contribution < 1.29 is 9.53 Å². The highest BCUT2D eigenvalue weighted by atomic mass is 32.2. The van der Waals surface area contributed by atoms with E-state index in [1.807, 2.05) is 18.8 Å². The summed E-state index contributed by atoms with van der Waals surface area (Å²) in [6.45, 7) is 13.2. The van der Waals surface area contributed by atoms with Crippen molar-refractivity contribution in [2.75, 3.05) is 78.9 Å². The summed E-state index contributed by atoms with van der Waals surface area (Å²) in [5.74, 6) is 2.51. The molecule has 1 amide bonds. The van der Waals surface area contributed by atoms with Crippen molar-refractivity contribution in [1.29, 1.82) is 0 Å². The van der Waals surface area contributed by atoms with E-state index in [1.54, 1.807) is 0 Å². The Kier molecular flexibility index (Phi) is 8.72. The highest BCUT2D eigenvalue weighted by molar-refractivity contribution is 8.00. The number of nitrogens with zero attached hydrogens (tertiary/aromatic N) is 4. The number of piperazine rings is 1. The SMILES string of the molecule is CN=C(NCC1(SC)CCOCC1)N1CCN(CC(=O)N2CC(C)CC(C)C2)CC1. The number of aliphatic imine (C=N–C) groups is 1. The highest BCUT2D eigenvalue weighted by Gasteiger charge is 2.33. The average Bonchev–Trinajstić information content (AvgIpc) is 2.75. The molecule has 7 nitrogen and oxygen atoms in total. The zero-order chi connectivity index (χ0) is 21.6. The predicted molar refractivity (Wildman–Crippen MR) is 125 cm³/mol. The molecule has 0 aromatic carbocycles. The Bertz CT molecular complexity index is 578. The monoisotopic (exact) mass is 439 g/mol. The van der Waals surface area contributed by atoms with Gasteiger partial charge in [0.1, 0.15) is 0 Å². The molecule has 172 valence electrons. The zero-order valence-electron chi connectivity index (χ0n) is 19.4. The summed E-state index contributed by atoms with van der Waals surface area (Å²) in [6.07, 6.45) is 5.61. The Morgan fingerprint density at radius 1 is 1.10 bits per heavy atom. The average molecular weight is 440 g/mol. The van der Waals surface area contributed by atoms with Gasteiger partial charge in [0.2, 0.25) is 5.91 Å². The van der Waals surface area contributed by atoms with Gasteiger partial charge in [0.25, 0.3) is 0 Å².